The van der Waals surface area contributed by atoms with Crippen molar-refractivity contribution in [2.45, 2.75) is 0 Å². The first-order chi connectivity index (χ1) is 6.76. The lowest BCUT2D eigenvalue weighted by Crippen LogP contribution is -1.80. The van der Waals surface area contributed by atoms with Crippen molar-refractivity contribution >= 4 is 21.4 Å². The summed E-state index contributed by atoms with van der Waals surface area (Å²) in [4.78, 5) is 0. The van der Waals surface area contributed by atoms with Crippen molar-refractivity contribution in [1.29, 1.82) is 5.26 Å². The van der Waals surface area contributed by atoms with Crippen molar-refractivity contribution in [2.24, 2.45) is 0 Å². The maximum atomic E-state index is 9.38. The Hall–Kier alpha value is -1.73. The van der Waals surface area contributed by atoms with E-state index in [1.54, 1.807) is 13.2 Å². The Kier molecular flexibility index (Phi) is 2.02. The number of phenolic OH excluding ortho intramolecular Hbond substituents is 1. The monoisotopic (exact) mass is 205 g/mol. The summed E-state index contributed by atoms with van der Waals surface area (Å²) < 4.78 is 5.96. The Labute approximate surface area is 84.8 Å². The summed E-state index contributed by atoms with van der Waals surface area (Å²) in [5, 5.41) is 20.8. The highest BCUT2D eigenvalue weighted by Crippen LogP contribution is 2.36. The summed E-state index contributed by atoms with van der Waals surface area (Å²) in [7, 11) is 1.57. The van der Waals surface area contributed by atoms with Crippen LogP contribution in [0.15, 0.2) is 17.5 Å². The normalized spacial score (nSPS) is 10.0. The first kappa shape index (κ1) is 8.85. The number of benzene rings is 1. The molecule has 0 aliphatic rings. The van der Waals surface area contributed by atoms with Gasteiger partial charge in [0.15, 0.2) is 0 Å². The van der Waals surface area contributed by atoms with Gasteiger partial charge in [0, 0.05) is 10.8 Å². The molecule has 0 fully saturated rings. The maximum absolute atomic E-state index is 9.38. The van der Waals surface area contributed by atoms with Crippen molar-refractivity contribution in [3.8, 4) is 17.6 Å². The van der Waals surface area contributed by atoms with E-state index in [2.05, 4.69) is 0 Å². The summed E-state index contributed by atoms with van der Waals surface area (Å²) in [5.74, 6) is 0.781. The molecular formula is C10H7NO2S. The molecule has 1 heterocycles. The third-order valence-electron chi connectivity index (χ3n) is 1.96. The molecule has 0 amide bonds. The van der Waals surface area contributed by atoms with Crippen molar-refractivity contribution < 1.29 is 9.84 Å². The molecule has 1 N–H and O–H groups in total. The van der Waals surface area contributed by atoms with Gasteiger partial charge in [0.2, 0.25) is 0 Å². The van der Waals surface area contributed by atoms with Crippen molar-refractivity contribution in [3.63, 3.8) is 0 Å². The van der Waals surface area contributed by atoms with Gasteiger partial charge >= 0.3 is 0 Å². The molecule has 1 aromatic heterocycles. The van der Waals surface area contributed by atoms with Crippen LogP contribution in [0.2, 0.25) is 0 Å². The third-order valence-corrected chi connectivity index (χ3v) is 2.97. The second-order valence-corrected chi connectivity index (χ2v) is 3.67. The predicted octanol–water partition coefficient (Wildman–Crippen LogP) is 2.49. The molecule has 0 aliphatic carbocycles. The molecule has 4 heteroatoms. The van der Waals surface area contributed by atoms with Crippen LogP contribution in [0.1, 0.15) is 5.56 Å². The molecule has 0 bridgehead atoms. The van der Waals surface area contributed by atoms with Crippen LogP contribution in [-0.2, 0) is 0 Å². The smallest absolute Gasteiger partial charge is 0.137 e. The molecule has 2 rings (SSSR count). The Morgan fingerprint density at radius 1 is 1.50 bits per heavy atom. The van der Waals surface area contributed by atoms with E-state index >= 15 is 0 Å². The second kappa shape index (κ2) is 3.20. The number of hydrogen-bond acceptors (Lipinski definition) is 4. The van der Waals surface area contributed by atoms with E-state index in [-0.39, 0.29) is 5.75 Å². The number of nitriles is 1. The SMILES string of the molecule is COc1csc2c(C#N)cc(O)cc12. The van der Waals surface area contributed by atoms with E-state index in [4.69, 9.17) is 10.00 Å². The second-order valence-electron chi connectivity index (χ2n) is 2.79. The van der Waals surface area contributed by atoms with E-state index in [1.807, 2.05) is 11.4 Å². The molecule has 2 aromatic rings. The van der Waals surface area contributed by atoms with E-state index in [1.165, 1.54) is 17.4 Å². The lowest BCUT2D eigenvalue weighted by Gasteiger charge is -1.98. The van der Waals surface area contributed by atoms with Crippen molar-refractivity contribution in [2.75, 3.05) is 7.11 Å². The van der Waals surface area contributed by atoms with Gasteiger partial charge in [0.25, 0.3) is 0 Å². The van der Waals surface area contributed by atoms with Crippen LogP contribution in [0, 0.1) is 11.3 Å². The molecule has 1 aromatic carbocycles. The van der Waals surface area contributed by atoms with E-state index < -0.39 is 0 Å². The largest absolute Gasteiger partial charge is 0.508 e. The van der Waals surface area contributed by atoms with Gasteiger partial charge in [-0.3, -0.25) is 0 Å². The fourth-order valence-corrected chi connectivity index (χ4v) is 2.31. The fraction of sp³-hybridized carbons (Fsp3) is 0.100. The Bertz CT molecular complexity index is 525. The molecule has 0 unspecified atom stereocenters. The third kappa shape index (κ3) is 1.19. The highest BCUT2D eigenvalue weighted by Gasteiger charge is 2.09. The zero-order chi connectivity index (χ0) is 10.1. The van der Waals surface area contributed by atoms with Gasteiger partial charge in [0.1, 0.15) is 17.6 Å². The van der Waals surface area contributed by atoms with Gasteiger partial charge < -0.3 is 9.84 Å². The lowest BCUT2D eigenvalue weighted by atomic mass is 10.1. The molecule has 0 saturated carbocycles. The number of methoxy groups -OCH3 is 1. The van der Waals surface area contributed by atoms with Gasteiger partial charge in [-0.05, 0) is 12.1 Å². The van der Waals surface area contributed by atoms with Gasteiger partial charge in [0.05, 0.1) is 17.4 Å². The summed E-state index contributed by atoms with van der Waals surface area (Å²) in [5.41, 5.74) is 0.480. The molecule has 14 heavy (non-hydrogen) atoms. The summed E-state index contributed by atoms with van der Waals surface area (Å²) in [6.45, 7) is 0. The number of phenols is 1. The Morgan fingerprint density at radius 2 is 2.29 bits per heavy atom. The van der Waals surface area contributed by atoms with Crippen molar-refractivity contribution in [1.82, 2.24) is 0 Å². The highest BCUT2D eigenvalue weighted by atomic mass is 32.1. The number of aromatic hydroxyl groups is 1. The summed E-state index contributed by atoms with van der Waals surface area (Å²) >= 11 is 1.44. The zero-order valence-electron chi connectivity index (χ0n) is 7.44. The lowest BCUT2D eigenvalue weighted by molar-refractivity contribution is 0.421. The average molecular weight is 205 g/mol. The van der Waals surface area contributed by atoms with Crippen LogP contribution in [0.5, 0.6) is 11.5 Å². The molecule has 0 radical (unpaired) electrons. The number of ether oxygens (including phenoxy) is 1. The maximum Gasteiger partial charge on any atom is 0.137 e. The van der Waals surface area contributed by atoms with E-state index in [0.29, 0.717) is 11.3 Å². The first-order valence-electron chi connectivity index (χ1n) is 3.94. The number of thiophene rings is 1. The molecular weight excluding hydrogens is 198 g/mol. The molecule has 3 nitrogen and oxygen atoms in total. The van der Waals surface area contributed by atoms with Crippen LogP contribution >= 0.6 is 11.3 Å². The number of fused-ring (bicyclic) bond motifs is 1. The summed E-state index contributed by atoms with van der Waals surface area (Å²) in [6, 6.07) is 5.10. The number of hydrogen-bond donors (Lipinski definition) is 1. The van der Waals surface area contributed by atoms with E-state index in [0.717, 1.165) is 10.1 Å². The summed E-state index contributed by atoms with van der Waals surface area (Å²) in [6.07, 6.45) is 0. The minimum absolute atomic E-state index is 0.0887. The topological polar surface area (TPSA) is 53.2 Å². The average Bonchev–Trinajstić information content (AvgIpc) is 2.59. The minimum atomic E-state index is 0.0887. The van der Waals surface area contributed by atoms with Gasteiger partial charge in [-0.25, -0.2) is 0 Å². The zero-order valence-corrected chi connectivity index (χ0v) is 8.26. The van der Waals surface area contributed by atoms with Crippen LogP contribution < -0.4 is 4.74 Å². The number of rotatable bonds is 1. The molecule has 0 spiro atoms. The first-order valence-corrected chi connectivity index (χ1v) is 4.82. The van der Waals surface area contributed by atoms with E-state index in [9.17, 15) is 5.11 Å². The van der Waals surface area contributed by atoms with Crippen LogP contribution in [0.4, 0.5) is 0 Å². The van der Waals surface area contributed by atoms with Crippen LogP contribution in [-0.4, -0.2) is 12.2 Å². The van der Waals surface area contributed by atoms with Crippen LogP contribution in [0.25, 0.3) is 10.1 Å². The Morgan fingerprint density at radius 3 is 2.93 bits per heavy atom. The van der Waals surface area contributed by atoms with Crippen molar-refractivity contribution in [3.05, 3.63) is 23.1 Å². The quantitative estimate of drug-likeness (QED) is 0.778. The van der Waals surface area contributed by atoms with Gasteiger partial charge in [-0.15, -0.1) is 11.3 Å². The fourth-order valence-electron chi connectivity index (χ4n) is 1.34. The number of nitrogens with zero attached hydrogens (tertiary/aromatic N) is 1. The van der Waals surface area contributed by atoms with Gasteiger partial charge in [-0.1, -0.05) is 0 Å². The van der Waals surface area contributed by atoms with Crippen LogP contribution in [0.3, 0.4) is 0 Å². The highest BCUT2D eigenvalue weighted by molar-refractivity contribution is 7.17. The molecule has 0 saturated heterocycles. The molecule has 0 aliphatic heterocycles. The standard InChI is InChI=1S/C10H7NO2S/c1-13-9-5-14-10-6(4-11)2-7(12)3-8(9)10/h2-3,5,12H,1H3. The molecule has 0 atom stereocenters. The molecule has 70 valence electrons. The van der Waals surface area contributed by atoms with Gasteiger partial charge in [-0.2, -0.15) is 5.26 Å². The minimum Gasteiger partial charge on any atom is -0.508 e. The Balaban J connectivity index is 2.85. The predicted molar refractivity (Wildman–Crippen MR) is 54.8 cm³/mol.